The van der Waals surface area contributed by atoms with E-state index in [4.69, 9.17) is 16.6 Å². The molecule has 2 fully saturated rings. The van der Waals surface area contributed by atoms with Crippen molar-refractivity contribution in [2.45, 2.75) is 50.5 Å². The molecule has 0 bridgehead atoms. The highest BCUT2D eigenvalue weighted by Gasteiger charge is 2.54. The summed E-state index contributed by atoms with van der Waals surface area (Å²) >= 11 is 6.39. The van der Waals surface area contributed by atoms with Crippen LogP contribution in [0.4, 0.5) is 0 Å². The smallest absolute Gasteiger partial charge is 0.251 e. The Labute approximate surface area is 241 Å². The van der Waals surface area contributed by atoms with E-state index in [1.807, 2.05) is 22.9 Å². The summed E-state index contributed by atoms with van der Waals surface area (Å²) in [5, 5.41) is 12.2. The molecule has 2 saturated carbocycles. The first-order chi connectivity index (χ1) is 20.0. The number of fused-ring (bicyclic) bond motifs is 4. The first kappa shape index (κ1) is 23.6. The number of benzene rings is 2. The molecule has 3 unspecified atom stereocenters. The molecule has 0 radical (unpaired) electrons. The van der Waals surface area contributed by atoms with Crippen LogP contribution in [0.2, 0.25) is 5.02 Å². The largest absolute Gasteiger partial charge is 0.303 e. The van der Waals surface area contributed by atoms with Crippen molar-refractivity contribution in [3.05, 3.63) is 111 Å². The molecule has 2 aliphatic heterocycles. The first-order valence-corrected chi connectivity index (χ1v) is 14.7. The van der Waals surface area contributed by atoms with Crippen LogP contribution in [0.1, 0.15) is 60.0 Å². The van der Waals surface area contributed by atoms with Crippen LogP contribution in [0.15, 0.2) is 83.0 Å². The van der Waals surface area contributed by atoms with Crippen LogP contribution >= 0.6 is 11.6 Å². The molecule has 3 atom stereocenters. The normalized spacial score (nSPS) is 24.5. The van der Waals surface area contributed by atoms with E-state index in [9.17, 15) is 4.79 Å². The number of aromatic nitrogens is 5. The third-order valence-corrected chi connectivity index (χ3v) is 10.3. The lowest BCUT2D eigenvalue weighted by molar-refractivity contribution is 0.563. The summed E-state index contributed by atoms with van der Waals surface area (Å²) in [5.74, 6) is 0.800. The van der Waals surface area contributed by atoms with E-state index in [0.29, 0.717) is 22.3 Å². The van der Waals surface area contributed by atoms with E-state index in [1.165, 1.54) is 40.7 Å². The van der Waals surface area contributed by atoms with E-state index >= 15 is 0 Å². The van der Waals surface area contributed by atoms with Crippen LogP contribution in [-0.4, -0.2) is 30.5 Å². The molecule has 0 amide bonds. The van der Waals surface area contributed by atoms with Gasteiger partial charge in [-0.05, 0) is 106 Å². The standard InChI is InChI=1S/C33H27ClN6O/c1-18-8-19-2-3-20(9-22(19)15-33(18)6-7-33)23-10-28(35-16-23)32-27-14-26(27)30-11-21(12-31(41)40(30)32)25-13-24(34)4-5-29(25)39-17-36-37-38-39/h2-5,9,11-13,16-17,26-27,32H,1,6-8,10,14-15H2. The van der Waals surface area contributed by atoms with Gasteiger partial charge in [0.2, 0.25) is 0 Å². The molecule has 2 aromatic carbocycles. The molecule has 5 aliphatic rings. The van der Waals surface area contributed by atoms with Gasteiger partial charge in [-0.3, -0.25) is 9.79 Å². The Bertz CT molecular complexity index is 1930. The highest BCUT2D eigenvalue weighted by Crippen LogP contribution is 2.60. The Morgan fingerprint density at radius 1 is 1.00 bits per heavy atom. The molecule has 41 heavy (non-hydrogen) atoms. The summed E-state index contributed by atoms with van der Waals surface area (Å²) in [6.45, 7) is 4.39. The van der Waals surface area contributed by atoms with Gasteiger partial charge >= 0.3 is 0 Å². The second kappa shape index (κ2) is 8.23. The van der Waals surface area contributed by atoms with Crippen molar-refractivity contribution in [1.29, 1.82) is 0 Å². The Morgan fingerprint density at radius 3 is 2.73 bits per heavy atom. The highest BCUT2D eigenvalue weighted by atomic mass is 35.5. The summed E-state index contributed by atoms with van der Waals surface area (Å²) in [7, 11) is 0. The third kappa shape index (κ3) is 3.54. The van der Waals surface area contributed by atoms with Crippen molar-refractivity contribution in [2.24, 2.45) is 16.3 Å². The number of allylic oxidation sites excluding steroid dienone is 2. The van der Waals surface area contributed by atoms with Gasteiger partial charge in [0.05, 0.1) is 11.7 Å². The Kier molecular flexibility index (Phi) is 4.73. The van der Waals surface area contributed by atoms with Crippen LogP contribution in [0, 0.1) is 11.3 Å². The van der Waals surface area contributed by atoms with Crippen LogP contribution < -0.4 is 5.56 Å². The molecule has 0 N–H and O–H groups in total. The lowest BCUT2D eigenvalue weighted by Gasteiger charge is -2.27. The Morgan fingerprint density at radius 2 is 1.90 bits per heavy atom. The quantitative estimate of drug-likeness (QED) is 0.283. The number of aliphatic imine (C=N–C) groups is 1. The molecule has 3 aliphatic carbocycles. The van der Waals surface area contributed by atoms with Crippen molar-refractivity contribution >= 4 is 22.9 Å². The van der Waals surface area contributed by atoms with Gasteiger partial charge < -0.3 is 4.57 Å². The average molecular weight is 559 g/mol. The summed E-state index contributed by atoms with van der Waals surface area (Å²) in [6.07, 6.45) is 10.1. The molecular weight excluding hydrogens is 532 g/mol. The van der Waals surface area contributed by atoms with E-state index in [1.54, 1.807) is 23.1 Å². The Hall–Kier alpha value is -4.10. The molecule has 1 spiro atoms. The fourth-order valence-electron chi connectivity index (χ4n) is 7.60. The number of tetrazole rings is 1. The van der Waals surface area contributed by atoms with Gasteiger partial charge in [-0.15, -0.1) is 5.10 Å². The number of halogens is 1. The monoisotopic (exact) mass is 558 g/mol. The lowest BCUT2D eigenvalue weighted by Crippen LogP contribution is -2.29. The average Bonchev–Trinajstić information content (AvgIpc) is 3.71. The van der Waals surface area contributed by atoms with Crippen LogP contribution in [0.5, 0.6) is 0 Å². The van der Waals surface area contributed by atoms with Gasteiger partial charge in [-0.2, -0.15) is 4.68 Å². The first-order valence-electron chi connectivity index (χ1n) is 14.3. The predicted molar refractivity (Wildman–Crippen MR) is 158 cm³/mol. The summed E-state index contributed by atoms with van der Waals surface area (Å²) in [4.78, 5) is 18.7. The molecule has 8 heteroatoms. The number of hydrogen-bond acceptors (Lipinski definition) is 5. The summed E-state index contributed by atoms with van der Waals surface area (Å²) in [6, 6.07) is 16.4. The van der Waals surface area contributed by atoms with Crippen LogP contribution in [-0.2, 0) is 12.8 Å². The van der Waals surface area contributed by atoms with Gasteiger partial charge in [0, 0.05) is 46.6 Å². The topological polar surface area (TPSA) is 78.0 Å². The van der Waals surface area contributed by atoms with Crippen LogP contribution in [0.3, 0.4) is 0 Å². The second-order valence-corrected chi connectivity index (χ2v) is 12.9. The number of hydrogen-bond donors (Lipinski definition) is 0. The molecular formula is C33H27ClN6O. The minimum Gasteiger partial charge on any atom is -0.303 e. The summed E-state index contributed by atoms with van der Waals surface area (Å²) < 4.78 is 3.59. The third-order valence-electron chi connectivity index (χ3n) is 10.1. The number of pyridine rings is 1. The molecule has 7 nitrogen and oxygen atoms in total. The highest BCUT2D eigenvalue weighted by molar-refractivity contribution is 6.31. The zero-order valence-corrected chi connectivity index (χ0v) is 23.2. The van der Waals surface area contributed by atoms with Crippen molar-refractivity contribution in [3.63, 3.8) is 0 Å². The fourth-order valence-corrected chi connectivity index (χ4v) is 7.77. The molecule has 0 saturated heterocycles. The SMILES string of the molecule is C=C1Cc2ccc(C3=CN=C(C4C5CC5c5cc(-c6cc(Cl)ccc6-n6cnnn6)cc(=O)n54)C3)cc2CC12CC2. The zero-order chi connectivity index (χ0) is 27.5. The van der Waals surface area contributed by atoms with Crippen molar-refractivity contribution < 1.29 is 0 Å². The maximum atomic E-state index is 13.7. The van der Waals surface area contributed by atoms with Crippen molar-refractivity contribution in [3.8, 4) is 16.8 Å². The van der Waals surface area contributed by atoms with E-state index in [2.05, 4.69) is 46.4 Å². The predicted octanol–water partition coefficient (Wildman–Crippen LogP) is 6.12. The van der Waals surface area contributed by atoms with Gasteiger partial charge in [0.15, 0.2) is 0 Å². The molecule has 2 aromatic heterocycles. The van der Waals surface area contributed by atoms with E-state index in [-0.39, 0.29) is 11.6 Å². The second-order valence-electron chi connectivity index (χ2n) is 12.4. The molecule has 9 rings (SSSR count). The fraction of sp³-hybridized carbons (Fsp3) is 0.303. The number of nitrogens with zero attached hydrogens (tertiary/aromatic N) is 6. The summed E-state index contributed by atoms with van der Waals surface area (Å²) in [5.41, 5.74) is 11.8. The minimum absolute atomic E-state index is 0.00256. The zero-order valence-electron chi connectivity index (χ0n) is 22.4. The molecule has 4 heterocycles. The van der Waals surface area contributed by atoms with Gasteiger partial charge in [-0.1, -0.05) is 42.0 Å². The molecule has 202 valence electrons. The number of rotatable bonds is 4. The maximum Gasteiger partial charge on any atom is 0.251 e. The van der Waals surface area contributed by atoms with Gasteiger partial charge in [-0.25, -0.2) is 0 Å². The molecule has 4 aromatic rings. The van der Waals surface area contributed by atoms with E-state index in [0.717, 1.165) is 53.9 Å². The van der Waals surface area contributed by atoms with Crippen LogP contribution in [0.25, 0.3) is 22.4 Å². The Balaban J connectivity index is 1.02. The van der Waals surface area contributed by atoms with Gasteiger partial charge in [0.25, 0.3) is 5.56 Å². The van der Waals surface area contributed by atoms with Gasteiger partial charge in [0.1, 0.15) is 6.33 Å². The minimum atomic E-state index is -0.00256. The lowest BCUT2D eigenvalue weighted by atomic mass is 9.77. The van der Waals surface area contributed by atoms with Crippen molar-refractivity contribution in [1.82, 2.24) is 24.8 Å². The van der Waals surface area contributed by atoms with Crippen molar-refractivity contribution in [2.75, 3.05) is 0 Å². The maximum absolute atomic E-state index is 13.7. The van der Waals surface area contributed by atoms with E-state index < -0.39 is 0 Å².